The third-order valence-corrected chi connectivity index (χ3v) is 7.80. The van der Waals surface area contributed by atoms with Crippen LogP contribution in [0, 0.1) is 0 Å². The first-order chi connectivity index (χ1) is 19.8. The highest BCUT2D eigenvalue weighted by Gasteiger charge is 2.69. The lowest BCUT2D eigenvalue weighted by Crippen LogP contribution is -2.78. The number of hydrogen-bond donors (Lipinski definition) is 0. The summed E-state index contributed by atoms with van der Waals surface area (Å²) in [5.41, 5.74) is 4.04. The van der Waals surface area contributed by atoms with E-state index in [1.807, 2.05) is 84.9 Å². The Labute approximate surface area is 234 Å². The molecule has 0 radical (unpaired) electrons. The zero-order valence-corrected chi connectivity index (χ0v) is 22.1. The zero-order chi connectivity index (χ0) is 26.8. The molecule has 4 aromatic rings. The maximum Gasteiger partial charge on any atom is 0.313 e. The van der Waals surface area contributed by atoms with Crippen LogP contribution in [0.25, 0.3) is 0 Å². The summed E-state index contributed by atoms with van der Waals surface area (Å²) in [6, 6.07) is 40.2. The van der Waals surface area contributed by atoms with E-state index in [4.69, 9.17) is 28.4 Å². The molecule has 0 atom stereocenters. The lowest BCUT2D eigenvalue weighted by atomic mass is 9.80. The van der Waals surface area contributed by atoms with Crippen molar-refractivity contribution in [2.45, 2.75) is 62.4 Å². The van der Waals surface area contributed by atoms with Gasteiger partial charge in [-0.15, -0.1) is 0 Å². The van der Waals surface area contributed by atoms with Crippen molar-refractivity contribution in [1.29, 1.82) is 0 Å². The summed E-state index contributed by atoms with van der Waals surface area (Å²) in [7, 11) is 0. The summed E-state index contributed by atoms with van der Waals surface area (Å²) in [5, 5.41) is 0. The van der Waals surface area contributed by atoms with Gasteiger partial charge in [-0.05, 0) is 16.7 Å². The van der Waals surface area contributed by atoms with E-state index >= 15 is 0 Å². The Kier molecular flexibility index (Phi) is 7.20. The van der Waals surface area contributed by atoms with Crippen LogP contribution in [0.15, 0.2) is 121 Å². The van der Waals surface area contributed by atoms with Crippen LogP contribution in [0.3, 0.4) is 0 Å². The van der Waals surface area contributed by atoms with Crippen molar-refractivity contribution < 1.29 is 28.4 Å². The van der Waals surface area contributed by atoms with E-state index in [0.29, 0.717) is 19.8 Å². The van der Waals surface area contributed by atoms with Gasteiger partial charge in [-0.2, -0.15) is 0 Å². The standard InChI is InChI=1S/C34H32O6/c1-5-13-24(14-6-1)21-35-28-31-29(36-22-25-15-7-2-8-16-25)33-30(37-23-26-17-9-3-10-18-26)32(28)39-34(38-31,40-33)27-19-11-4-12-20-27/h1-20,28-33H,21-23H2. The van der Waals surface area contributed by atoms with Gasteiger partial charge in [0.05, 0.1) is 19.8 Å². The van der Waals surface area contributed by atoms with E-state index in [9.17, 15) is 0 Å². The molecule has 6 heteroatoms. The average molecular weight is 537 g/mol. The SMILES string of the molecule is c1ccc(COC2C3OC4(c5ccccc5)OC2C(OCc2ccccc2)C(O4)C3OCc2ccccc2)cc1. The van der Waals surface area contributed by atoms with Crippen LogP contribution < -0.4 is 0 Å². The lowest BCUT2D eigenvalue weighted by Gasteiger charge is -2.62. The molecule has 0 spiro atoms. The van der Waals surface area contributed by atoms with Crippen molar-refractivity contribution in [1.82, 2.24) is 0 Å². The van der Waals surface area contributed by atoms with Gasteiger partial charge in [0.25, 0.3) is 0 Å². The van der Waals surface area contributed by atoms with Crippen LogP contribution in [0.2, 0.25) is 0 Å². The van der Waals surface area contributed by atoms with Crippen molar-refractivity contribution in [3.8, 4) is 0 Å². The molecular formula is C34H32O6. The van der Waals surface area contributed by atoms with Crippen LogP contribution in [0.5, 0.6) is 0 Å². The highest BCUT2D eigenvalue weighted by molar-refractivity contribution is 5.24. The molecular weight excluding hydrogens is 504 g/mol. The fraction of sp³-hybridized carbons (Fsp3) is 0.294. The summed E-state index contributed by atoms with van der Waals surface area (Å²) in [6.45, 7) is 1.27. The topological polar surface area (TPSA) is 55.4 Å². The van der Waals surface area contributed by atoms with E-state index < -0.39 is 42.6 Å². The lowest BCUT2D eigenvalue weighted by molar-refractivity contribution is -0.554. The molecule has 3 saturated heterocycles. The molecule has 0 aromatic heterocycles. The van der Waals surface area contributed by atoms with Crippen LogP contribution in [0.4, 0.5) is 0 Å². The van der Waals surface area contributed by atoms with Gasteiger partial charge in [0, 0.05) is 5.56 Å². The van der Waals surface area contributed by atoms with Gasteiger partial charge in [0.2, 0.25) is 0 Å². The molecule has 0 N–H and O–H groups in total. The second-order valence-corrected chi connectivity index (χ2v) is 10.5. The molecule has 6 nitrogen and oxygen atoms in total. The molecule has 1 aliphatic carbocycles. The predicted octanol–water partition coefficient (Wildman–Crippen LogP) is 5.75. The van der Waals surface area contributed by atoms with Crippen LogP contribution in [0.1, 0.15) is 22.3 Å². The molecule has 4 fully saturated rings. The van der Waals surface area contributed by atoms with Gasteiger partial charge in [-0.3, -0.25) is 0 Å². The molecule has 0 unspecified atom stereocenters. The summed E-state index contributed by atoms with van der Waals surface area (Å²) in [4.78, 5) is 0. The highest BCUT2D eigenvalue weighted by Crippen LogP contribution is 2.52. The minimum Gasteiger partial charge on any atom is -0.368 e. The molecule has 4 aromatic carbocycles. The first-order valence-electron chi connectivity index (χ1n) is 13.8. The third-order valence-electron chi connectivity index (χ3n) is 7.80. The first kappa shape index (κ1) is 25.6. The van der Waals surface area contributed by atoms with Crippen molar-refractivity contribution in [3.63, 3.8) is 0 Å². The first-order valence-corrected chi connectivity index (χ1v) is 13.8. The largest absolute Gasteiger partial charge is 0.368 e. The van der Waals surface area contributed by atoms with Crippen LogP contribution >= 0.6 is 0 Å². The second kappa shape index (κ2) is 11.3. The fourth-order valence-corrected chi connectivity index (χ4v) is 5.86. The van der Waals surface area contributed by atoms with E-state index in [0.717, 1.165) is 22.3 Å². The van der Waals surface area contributed by atoms with Crippen molar-refractivity contribution in [3.05, 3.63) is 144 Å². The molecule has 40 heavy (non-hydrogen) atoms. The molecule has 204 valence electrons. The Morgan fingerprint density at radius 2 is 0.725 bits per heavy atom. The van der Waals surface area contributed by atoms with Gasteiger partial charge >= 0.3 is 5.97 Å². The summed E-state index contributed by atoms with van der Waals surface area (Å²) < 4.78 is 39.7. The minimum absolute atomic E-state index is 0.415. The molecule has 4 aliphatic rings. The van der Waals surface area contributed by atoms with E-state index in [-0.39, 0.29) is 0 Å². The summed E-state index contributed by atoms with van der Waals surface area (Å²) >= 11 is 0. The summed E-state index contributed by atoms with van der Waals surface area (Å²) in [6.07, 6.45) is -2.50. The Bertz CT molecular complexity index is 1220. The number of rotatable bonds is 10. The maximum atomic E-state index is 6.66. The Hall–Kier alpha value is -3.36. The number of benzene rings is 4. The van der Waals surface area contributed by atoms with Crippen LogP contribution in [-0.2, 0) is 54.2 Å². The molecule has 3 aliphatic heterocycles. The van der Waals surface area contributed by atoms with Gasteiger partial charge in [0.1, 0.15) is 36.6 Å². The van der Waals surface area contributed by atoms with Crippen LogP contribution in [-0.4, -0.2) is 36.6 Å². The molecule has 4 bridgehead atoms. The van der Waals surface area contributed by atoms with E-state index in [1.54, 1.807) is 0 Å². The molecule has 3 heterocycles. The molecule has 0 amide bonds. The zero-order valence-electron chi connectivity index (χ0n) is 22.1. The smallest absolute Gasteiger partial charge is 0.313 e. The van der Waals surface area contributed by atoms with E-state index in [1.165, 1.54) is 0 Å². The highest BCUT2D eigenvalue weighted by atomic mass is 16.9. The molecule has 1 saturated carbocycles. The molecule has 8 rings (SSSR count). The van der Waals surface area contributed by atoms with E-state index in [2.05, 4.69) is 36.4 Å². The second-order valence-electron chi connectivity index (χ2n) is 10.5. The Morgan fingerprint density at radius 3 is 1.05 bits per heavy atom. The van der Waals surface area contributed by atoms with Crippen molar-refractivity contribution in [2.75, 3.05) is 0 Å². The van der Waals surface area contributed by atoms with Gasteiger partial charge in [-0.25, -0.2) is 0 Å². The maximum absolute atomic E-state index is 6.66. The minimum atomic E-state index is -1.34. The summed E-state index contributed by atoms with van der Waals surface area (Å²) in [5.74, 6) is -1.34. The average Bonchev–Trinajstić information content (AvgIpc) is 3.02. The van der Waals surface area contributed by atoms with Gasteiger partial charge in [0.15, 0.2) is 0 Å². The Morgan fingerprint density at radius 1 is 0.425 bits per heavy atom. The van der Waals surface area contributed by atoms with Gasteiger partial charge in [-0.1, -0.05) is 121 Å². The number of ether oxygens (including phenoxy) is 6. The third kappa shape index (κ3) is 4.99. The van der Waals surface area contributed by atoms with Crippen molar-refractivity contribution in [2.24, 2.45) is 0 Å². The number of hydrogen-bond acceptors (Lipinski definition) is 6. The van der Waals surface area contributed by atoms with Crippen molar-refractivity contribution >= 4 is 0 Å². The fourth-order valence-electron chi connectivity index (χ4n) is 5.86. The monoisotopic (exact) mass is 536 g/mol. The normalized spacial score (nSPS) is 30.4. The predicted molar refractivity (Wildman–Crippen MR) is 148 cm³/mol. The quantitative estimate of drug-likeness (QED) is 0.257. The Balaban J connectivity index is 1.22. The van der Waals surface area contributed by atoms with Gasteiger partial charge < -0.3 is 28.4 Å².